The van der Waals surface area contributed by atoms with Crippen LogP contribution in [0.5, 0.6) is 0 Å². The van der Waals surface area contributed by atoms with Gasteiger partial charge in [-0.25, -0.2) is 13.4 Å². The van der Waals surface area contributed by atoms with Crippen molar-refractivity contribution in [1.29, 1.82) is 0 Å². The van der Waals surface area contributed by atoms with Gasteiger partial charge in [0.25, 0.3) is 5.56 Å². The molecule has 20 heavy (non-hydrogen) atoms. The molecule has 0 bridgehead atoms. The normalized spacial score (nSPS) is 11.7. The van der Waals surface area contributed by atoms with E-state index in [-0.39, 0.29) is 11.3 Å². The minimum absolute atomic E-state index is 0.0437. The number of hydrogen-bond acceptors (Lipinski definition) is 5. The molecule has 0 radical (unpaired) electrons. The average molecular weight is 295 g/mol. The maximum Gasteiger partial charge on any atom is 0.251 e. The predicted octanol–water partition coefficient (Wildman–Crippen LogP) is 0.873. The van der Waals surface area contributed by atoms with E-state index in [0.29, 0.717) is 18.9 Å². The highest BCUT2D eigenvalue weighted by Crippen LogP contribution is 2.14. The Balaban J connectivity index is 2.30. The minimum atomic E-state index is -3.00. The third kappa shape index (κ3) is 3.36. The number of rotatable bonds is 5. The third-order valence-corrected chi connectivity index (χ3v) is 3.92. The van der Waals surface area contributed by atoms with E-state index in [1.54, 1.807) is 22.9 Å². The van der Waals surface area contributed by atoms with Crippen LogP contribution in [0.3, 0.4) is 0 Å². The molecule has 0 aliphatic rings. The summed E-state index contributed by atoms with van der Waals surface area (Å²) in [6, 6.07) is 5.02. The smallest absolute Gasteiger partial charge is 0.251 e. The van der Waals surface area contributed by atoms with Gasteiger partial charge in [0.05, 0.1) is 11.3 Å². The first-order valence-electron chi connectivity index (χ1n) is 6.32. The fourth-order valence-electron chi connectivity index (χ4n) is 1.97. The van der Waals surface area contributed by atoms with Gasteiger partial charge in [-0.2, -0.15) is 0 Å². The molecule has 0 aromatic carbocycles. The maximum absolute atomic E-state index is 11.8. The van der Waals surface area contributed by atoms with E-state index in [1.807, 2.05) is 6.92 Å². The number of nitrogens with one attached hydrogen (secondary N) is 1. The summed E-state index contributed by atoms with van der Waals surface area (Å²) >= 11 is 0. The van der Waals surface area contributed by atoms with Gasteiger partial charge >= 0.3 is 0 Å². The zero-order chi connectivity index (χ0) is 14.8. The van der Waals surface area contributed by atoms with Crippen LogP contribution in [0.2, 0.25) is 0 Å². The Morgan fingerprint density at radius 3 is 2.75 bits per heavy atom. The third-order valence-electron chi connectivity index (χ3n) is 2.97. The summed E-state index contributed by atoms with van der Waals surface area (Å²) in [5, 5.41) is 3.83. The van der Waals surface area contributed by atoms with E-state index in [9.17, 15) is 13.2 Å². The SMILES string of the molecule is CCn1c(=O)ccc2cnc(NCCS(C)(=O)=O)cc21. The van der Waals surface area contributed by atoms with Gasteiger partial charge in [-0.1, -0.05) is 0 Å². The Hall–Kier alpha value is -1.89. The number of nitrogens with zero attached hydrogens (tertiary/aromatic N) is 2. The van der Waals surface area contributed by atoms with Crippen molar-refractivity contribution in [2.45, 2.75) is 13.5 Å². The topological polar surface area (TPSA) is 81.1 Å². The van der Waals surface area contributed by atoms with Crippen LogP contribution >= 0.6 is 0 Å². The van der Waals surface area contributed by atoms with Crippen LogP contribution in [0.1, 0.15) is 6.92 Å². The molecule has 0 spiro atoms. The lowest BCUT2D eigenvalue weighted by molar-refractivity contribution is 0.602. The molecule has 0 amide bonds. The first-order valence-corrected chi connectivity index (χ1v) is 8.38. The van der Waals surface area contributed by atoms with Crippen LogP contribution in [0.25, 0.3) is 10.9 Å². The van der Waals surface area contributed by atoms with Crippen molar-refractivity contribution in [3.63, 3.8) is 0 Å². The van der Waals surface area contributed by atoms with Gasteiger partial charge in [0.15, 0.2) is 0 Å². The summed E-state index contributed by atoms with van der Waals surface area (Å²) in [6.45, 7) is 2.77. The van der Waals surface area contributed by atoms with E-state index in [4.69, 9.17) is 0 Å². The van der Waals surface area contributed by atoms with Crippen LogP contribution in [0, 0.1) is 0 Å². The van der Waals surface area contributed by atoms with E-state index in [2.05, 4.69) is 10.3 Å². The van der Waals surface area contributed by atoms with Crippen molar-refractivity contribution in [2.24, 2.45) is 0 Å². The second-order valence-corrected chi connectivity index (χ2v) is 6.86. The molecular weight excluding hydrogens is 278 g/mol. The molecule has 0 aliphatic heterocycles. The van der Waals surface area contributed by atoms with Crippen LogP contribution in [-0.2, 0) is 16.4 Å². The average Bonchev–Trinajstić information content (AvgIpc) is 2.37. The molecule has 2 aromatic rings. The van der Waals surface area contributed by atoms with Crippen LogP contribution in [0.4, 0.5) is 5.82 Å². The summed E-state index contributed by atoms with van der Waals surface area (Å²) in [7, 11) is -3.00. The monoisotopic (exact) mass is 295 g/mol. The van der Waals surface area contributed by atoms with Crippen LogP contribution < -0.4 is 10.9 Å². The van der Waals surface area contributed by atoms with Crippen LogP contribution in [0.15, 0.2) is 29.2 Å². The molecule has 6 nitrogen and oxygen atoms in total. The fourth-order valence-corrected chi connectivity index (χ4v) is 2.45. The Kier molecular flexibility index (Phi) is 4.08. The number of sulfone groups is 1. The zero-order valence-corrected chi connectivity index (χ0v) is 12.3. The Morgan fingerprint density at radius 2 is 2.10 bits per heavy atom. The molecule has 2 rings (SSSR count). The van der Waals surface area contributed by atoms with E-state index < -0.39 is 9.84 Å². The van der Waals surface area contributed by atoms with Gasteiger partial charge in [-0.05, 0) is 13.0 Å². The molecule has 0 atom stereocenters. The van der Waals surface area contributed by atoms with E-state index in [0.717, 1.165) is 10.9 Å². The summed E-state index contributed by atoms with van der Waals surface area (Å²) in [6.07, 6.45) is 2.86. The highest BCUT2D eigenvalue weighted by molar-refractivity contribution is 7.90. The van der Waals surface area contributed by atoms with Crippen molar-refractivity contribution in [2.75, 3.05) is 23.9 Å². The lowest BCUT2D eigenvalue weighted by atomic mass is 10.2. The second-order valence-electron chi connectivity index (χ2n) is 4.60. The highest BCUT2D eigenvalue weighted by atomic mass is 32.2. The quantitative estimate of drug-likeness (QED) is 0.885. The Labute approximate surface area is 117 Å². The molecule has 108 valence electrons. The van der Waals surface area contributed by atoms with Gasteiger partial charge in [0.2, 0.25) is 0 Å². The first-order chi connectivity index (χ1) is 9.40. The Morgan fingerprint density at radius 1 is 1.35 bits per heavy atom. The summed E-state index contributed by atoms with van der Waals surface area (Å²) in [5.74, 6) is 0.608. The van der Waals surface area contributed by atoms with E-state index in [1.165, 1.54) is 12.3 Å². The molecule has 0 aliphatic carbocycles. The molecule has 7 heteroatoms. The largest absolute Gasteiger partial charge is 0.369 e. The van der Waals surface area contributed by atoms with Crippen LogP contribution in [-0.4, -0.2) is 36.5 Å². The van der Waals surface area contributed by atoms with Gasteiger partial charge in [-0.3, -0.25) is 4.79 Å². The summed E-state index contributed by atoms with van der Waals surface area (Å²) in [4.78, 5) is 16.0. The van der Waals surface area contributed by atoms with Gasteiger partial charge in [0.1, 0.15) is 15.7 Å². The Bertz CT molecular complexity index is 781. The van der Waals surface area contributed by atoms with Crippen molar-refractivity contribution in [3.05, 3.63) is 34.7 Å². The zero-order valence-electron chi connectivity index (χ0n) is 11.5. The number of fused-ring (bicyclic) bond motifs is 1. The maximum atomic E-state index is 11.8. The molecular formula is C13H17N3O3S. The van der Waals surface area contributed by atoms with Gasteiger partial charge < -0.3 is 9.88 Å². The number of pyridine rings is 2. The highest BCUT2D eigenvalue weighted by Gasteiger charge is 2.05. The van der Waals surface area contributed by atoms with E-state index >= 15 is 0 Å². The second kappa shape index (κ2) is 5.62. The molecule has 2 heterocycles. The lowest BCUT2D eigenvalue weighted by Gasteiger charge is -2.10. The van der Waals surface area contributed by atoms with Crippen molar-refractivity contribution >= 4 is 26.6 Å². The standard InChI is InChI=1S/C13H17N3O3S/c1-3-16-11-8-12(14-6-7-20(2,18)19)15-9-10(11)4-5-13(16)17/h4-5,8-9H,3,6-7H2,1-2H3,(H,14,15). The number of hydrogen-bond donors (Lipinski definition) is 1. The lowest BCUT2D eigenvalue weighted by Crippen LogP contribution is -2.19. The molecule has 1 N–H and O–H groups in total. The molecule has 0 fully saturated rings. The van der Waals surface area contributed by atoms with Crippen molar-refractivity contribution in [1.82, 2.24) is 9.55 Å². The summed E-state index contributed by atoms with van der Waals surface area (Å²) in [5.41, 5.74) is 0.727. The molecule has 2 aromatic heterocycles. The van der Waals surface area contributed by atoms with Gasteiger partial charge in [0, 0.05) is 43.1 Å². The van der Waals surface area contributed by atoms with Crippen molar-refractivity contribution in [3.8, 4) is 0 Å². The molecule has 0 saturated heterocycles. The summed E-state index contributed by atoms with van der Waals surface area (Å²) < 4.78 is 23.8. The number of aromatic nitrogens is 2. The predicted molar refractivity (Wildman–Crippen MR) is 79.9 cm³/mol. The molecule has 0 saturated carbocycles. The first kappa shape index (κ1) is 14.5. The van der Waals surface area contributed by atoms with Crippen molar-refractivity contribution < 1.29 is 8.42 Å². The molecule has 0 unspecified atom stereocenters. The minimum Gasteiger partial charge on any atom is -0.369 e. The van der Waals surface area contributed by atoms with Gasteiger partial charge in [-0.15, -0.1) is 0 Å². The number of aryl methyl sites for hydroxylation is 1. The fraction of sp³-hybridized carbons (Fsp3) is 0.385. The number of anilines is 1.